The van der Waals surface area contributed by atoms with Crippen LogP contribution in [-0.2, 0) is 9.84 Å². The van der Waals surface area contributed by atoms with Gasteiger partial charge in [-0.3, -0.25) is 0 Å². The highest BCUT2D eigenvalue weighted by molar-refractivity contribution is 7.91. The van der Waals surface area contributed by atoms with E-state index >= 15 is 0 Å². The van der Waals surface area contributed by atoms with Crippen LogP contribution in [0, 0.1) is 0 Å². The smallest absolute Gasteiger partial charge is 0.150 e. The first-order valence-corrected chi connectivity index (χ1v) is 5.46. The van der Waals surface area contributed by atoms with Gasteiger partial charge in [0.25, 0.3) is 0 Å². The quantitative estimate of drug-likeness (QED) is 0.595. The van der Waals surface area contributed by atoms with Crippen molar-refractivity contribution in [2.24, 2.45) is 5.73 Å². The molecule has 0 amide bonds. The molecule has 4 heteroatoms. The minimum atomic E-state index is -2.86. The van der Waals surface area contributed by atoms with Gasteiger partial charge < -0.3 is 5.73 Å². The monoisotopic (exact) mass is 177 g/mol. The number of nitrogens with two attached hydrogens (primary N) is 1. The van der Waals surface area contributed by atoms with E-state index in [1.165, 1.54) is 0 Å². The summed E-state index contributed by atoms with van der Waals surface area (Å²) >= 11 is 0. The van der Waals surface area contributed by atoms with Crippen molar-refractivity contribution in [2.75, 3.05) is 18.1 Å². The Morgan fingerprint density at radius 3 is 2.45 bits per heavy atom. The molecule has 0 spiro atoms. The van der Waals surface area contributed by atoms with E-state index in [-0.39, 0.29) is 11.5 Å². The SMILES string of the molecule is C=CCCS(=O)(=O)CCCN. The van der Waals surface area contributed by atoms with Crippen molar-refractivity contribution in [2.45, 2.75) is 12.8 Å². The van der Waals surface area contributed by atoms with Crippen LogP contribution in [0.4, 0.5) is 0 Å². The standard InChI is InChI=1S/C7H15NO2S/c1-2-3-6-11(9,10)7-4-5-8/h2H,1,3-8H2. The second kappa shape index (κ2) is 5.32. The van der Waals surface area contributed by atoms with Gasteiger partial charge in [-0.05, 0) is 19.4 Å². The molecule has 0 heterocycles. The van der Waals surface area contributed by atoms with Gasteiger partial charge in [-0.25, -0.2) is 8.42 Å². The number of allylic oxidation sites excluding steroid dienone is 1. The van der Waals surface area contributed by atoms with Gasteiger partial charge >= 0.3 is 0 Å². The molecule has 11 heavy (non-hydrogen) atoms. The lowest BCUT2D eigenvalue weighted by Gasteiger charge is -1.99. The van der Waals surface area contributed by atoms with Crippen LogP contribution in [0.1, 0.15) is 12.8 Å². The first-order chi connectivity index (χ1) is 5.12. The predicted molar refractivity (Wildman–Crippen MR) is 47.1 cm³/mol. The normalized spacial score (nSPS) is 11.4. The van der Waals surface area contributed by atoms with Gasteiger partial charge in [0.2, 0.25) is 0 Å². The van der Waals surface area contributed by atoms with Crippen LogP contribution in [0.15, 0.2) is 12.7 Å². The molecular weight excluding hydrogens is 162 g/mol. The fourth-order valence-electron chi connectivity index (χ4n) is 0.668. The maximum absolute atomic E-state index is 11.0. The fourth-order valence-corrected chi connectivity index (χ4v) is 2.00. The molecule has 0 aromatic rings. The molecular formula is C7H15NO2S. The molecule has 0 radical (unpaired) electrons. The highest BCUT2D eigenvalue weighted by Gasteiger charge is 2.07. The van der Waals surface area contributed by atoms with Crippen LogP contribution >= 0.6 is 0 Å². The van der Waals surface area contributed by atoms with Crippen molar-refractivity contribution >= 4 is 9.84 Å². The van der Waals surface area contributed by atoms with Crippen molar-refractivity contribution in [1.29, 1.82) is 0 Å². The molecule has 0 bridgehead atoms. The predicted octanol–water partition coefficient (Wildman–Crippen LogP) is 0.326. The van der Waals surface area contributed by atoms with Gasteiger partial charge in [0.15, 0.2) is 9.84 Å². The van der Waals surface area contributed by atoms with Crippen LogP contribution in [0.3, 0.4) is 0 Å². The van der Waals surface area contributed by atoms with Gasteiger partial charge in [-0.1, -0.05) is 6.08 Å². The van der Waals surface area contributed by atoms with Gasteiger partial charge in [0, 0.05) is 0 Å². The molecule has 0 saturated heterocycles. The Hall–Kier alpha value is -0.350. The molecule has 0 fully saturated rings. The average molecular weight is 177 g/mol. The summed E-state index contributed by atoms with van der Waals surface area (Å²) < 4.78 is 22.1. The summed E-state index contributed by atoms with van der Waals surface area (Å²) in [5, 5.41) is 0. The van der Waals surface area contributed by atoms with Crippen molar-refractivity contribution in [1.82, 2.24) is 0 Å². The Morgan fingerprint density at radius 2 is 2.00 bits per heavy atom. The van der Waals surface area contributed by atoms with Crippen LogP contribution in [0.25, 0.3) is 0 Å². The van der Waals surface area contributed by atoms with Gasteiger partial charge in [-0.2, -0.15) is 0 Å². The number of hydrogen-bond donors (Lipinski definition) is 1. The third kappa shape index (κ3) is 6.06. The summed E-state index contributed by atoms with van der Waals surface area (Å²) in [5.74, 6) is 0.411. The van der Waals surface area contributed by atoms with Crippen LogP contribution in [-0.4, -0.2) is 26.5 Å². The second-order valence-electron chi connectivity index (χ2n) is 2.37. The molecule has 0 rings (SSSR count). The van der Waals surface area contributed by atoms with E-state index < -0.39 is 9.84 Å². The molecule has 0 atom stereocenters. The third-order valence-electron chi connectivity index (χ3n) is 1.29. The molecule has 66 valence electrons. The number of rotatable bonds is 6. The third-order valence-corrected chi connectivity index (χ3v) is 3.06. The van der Waals surface area contributed by atoms with Crippen molar-refractivity contribution in [3.8, 4) is 0 Å². The zero-order chi connectivity index (χ0) is 8.74. The minimum absolute atomic E-state index is 0.205. The maximum Gasteiger partial charge on any atom is 0.150 e. The summed E-state index contributed by atoms with van der Waals surface area (Å²) in [4.78, 5) is 0. The van der Waals surface area contributed by atoms with Gasteiger partial charge in [0.1, 0.15) is 0 Å². The van der Waals surface area contributed by atoms with E-state index in [1.807, 2.05) is 0 Å². The molecule has 0 aromatic heterocycles. The molecule has 3 nitrogen and oxygen atoms in total. The number of hydrogen-bond acceptors (Lipinski definition) is 3. The Balaban J connectivity index is 3.71. The van der Waals surface area contributed by atoms with Crippen molar-refractivity contribution in [3.05, 3.63) is 12.7 Å². The fraction of sp³-hybridized carbons (Fsp3) is 0.714. The zero-order valence-electron chi connectivity index (χ0n) is 6.62. The molecule has 0 saturated carbocycles. The lowest BCUT2D eigenvalue weighted by Crippen LogP contribution is -2.14. The minimum Gasteiger partial charge on any atom is -0.330 e. The Kier molecular flexibility index (Phi) is 5.15. The molecule has 0 unspecified atom stereocenters. The van der Waals surface area contributed by atoms with E-state index in [0.717, 1.165) is 0 Å². The highest BCUT2D eigenvalue weighted by Crippen LogP contribution is 1.96. The Bertz CT molecular complexity index is 196. The second-order valence-corrected chi connectivity index (χ2v) is 4.68. The van der Waals surface area contributed by atoms with E-state index in [0.29, 0.717) is 19.4 Å². The summed E-state index contributed by atoms with van der Waals surface area (Å²) in [6.45, 7) is 3.89. The first-order valence-electron chi connectivity index (χ1n) is 3.64. The summed E-state index contributed by atoms with van der Waals surface area (Å²) in [7, 11) is -2.86. The molecule has 0 aromatic carbocycles. The number of sulfone groups is 1. The van der Waals surface area contributed by atoms with Crippen molar-refractivity contribution < 1.29 is 8.42 Å². The largest absolute Gasteiger partial charge is 0.330 e. The summed E-state index contributed by atoms with van der Waals surface area (Å²) in [6.07, 6.45) is 2.70. The van der Waals surface area contributed by atoms with Crippen molar-refractivity contribution in [3.63, 3.8) is 0 Å². The topological polar surface area (TPSA) is 60.2 Å². The molecule has 0 aliphatic carbocycles. The summed E-state index contributed by atoms with van der Waals surface area (Å²) in [6, 6.07) is 0. The van der Waals surface area contributed by atoms with Gasteiger partial charge in [-0.15, -0.1) is 6.58 Å². The van der Waals surface area contributed by atoms with E-state index in [1.54, 1.807) is 6.08 Å². The maximum atomic E-state index is 11.0. The highest BCUT2D eigenvalue weighted by atomic mass is 32.2. The lowest BCUT2D eigenvalue weighted by atomic mass is 10.5. The first kappa shape index (κ1) is 10.7. The van der Waals surface area contributed by atoms with Crippen LogP contribution in [0.5, 0.6) is 0 Å². The van der Waals surface area contributed by atoms with E-state index in [9.17, 15) is 8.42 Å². The Labute approximate surface area is 68.2 Å². The lowest BCUT2D eigenvalue weighted by molar-refractivity contribution is 0.593. The molecule has 0 aliphatic rings. The average Bonchev–Trinajstić information content (AvgIpc) is 1.97. The van der Waals surface area contributed by atoms with Crippen LogP contribution in [0.2, 0.25) is 0 Å². The van der Waals surface area contributed by atoms with Crippen LogP contribution < -0.4 is 5.73 Å². The van der Waals surface area contributed by atoms with Gasteiger partial charge in [0.05, 0.1) is 11.5 Å². The summed E-state index contributed by atoms with van der Waals surface area (Å²) in [5.41, 5.74) is 5.18. The Morgan fingerprint density at radius 1 is 1.36 bits per heavy atom. The van der Waals surface area contributed by atoms with E-state index in [2.05, 4.69) is 6.58 Å². The molecule has 0 aliphatic heterocycles. The van der Waals surface area contributed by atoms with E-state index in [4.69, 9.17) is 5.73 Å². The molecule has 2 N–H and O–H groups in total. The zero-order valence-corrected chi connectivity index (χ0v) is 7.44.